The van der Waals surface area contributed by atoms with Gasteiger partial charge in [0, 0.05) is 17.7 Å². The van der Waals surface area contributed by atoms with Crippen LogP contribution in [0.15, 0.2) is 18.2 Å². The van der Waals surface area contributed by atoms with Crippen LogP contribution in [0.4, 0.5) is 0 Å². The Morgan fingerprint density at radius 2 is 2.12 bits per heavy atom. The van der Waals surface area contributed by atoms with E-state index in [0.29, 0.717) is 6.61 Å². The molecule has 0 saturated carbocycles. The fourth-order valence-corrected chi connectivity index (χ4v) is 2.27. The van der Waals surface area contributed by atoms with E-state index in [0.717, 1.165) is 42.8 Å². The van der Waals surface area contributed by atoms with E-state index in [4.69, 9.17) is 4.74 Å². The summed E-state index contributed by atoms with van der Waals surface area (Å²) in [6, 6.07) is 5.65. The Bertz CT molecular complexity index is 384. The van der Waals surface area contributed by atoms with E-state index in [-0.39, 0.29) is 0 Å². The van der Waals surface area contributed by atoms with Gasteiger partial charge in [-0.3, -0.25) is 9.69 Å². The Balaban J connectivity index is 2.17. The molecule has 0 spiro atoms. The molecule has 0 N–H and O–H groups in total. The van der Waals surface area contributed by atoms with Gasteiger partial charge in [-0.2, -0.15) is 0 Å². The molecule has 2 rings (SSSR count). The molecular formula is C14H19NO2. The van der Waals surface area contributed by atoms with Crippen molar-refractivity contribution in [3.05, 3.63) is 29.3 Å². The minimum atomic E-state index is 0.660. The first-order chi connectivity index (χ1) is 8.33. The molecule has 1 aliphatic heterocycles. The number of rotatable bonds is 5. The van der Waals surface area contributed by atoms with E-state index in [1.54, 1.807) is 0 Å². The molecule has 92 valence electrons. The van der Waals surface area contributed by atoms with Crippen molar-refractivity contribution in [2.45, 2.75) is 26.3 Å². The number of hydrogen-bond donors (Lipinski definition) is 0. The van der Waals surface area contributed by atoms with Crippen LogP contribution in [-0.2, 0) is 6.54 Å². The monoisotopic (exact) mass is 233 g/mol. The van der Waals surface area contributed by atoms with Crippen LogP contribution in [0, 0.1) is 0 Å². The van der Waals surface area contributed by atoms with Crippen molar-refractivity contribution in [3.63, 3.8) is 0 Å². The summed E-state index contributed by atoms with van der Waals surface area (Å²) in [5.74, 6) is 0.907. The van der Waals surface area contributed by atoms with E-state index in [1.807, 2.05) is 25.1 Å². The highest BCUT2D eigenvalue weighted by Gasteiger charge is 2.14. The van der Waals surface area contributed by atoms with Gasteiger partial charge < -0.3 is 4.74 Å². The molecule has 0 radical (unpaired) electrons. The van der Waals surface area contributed by atoms with E-state index >= 15 is 0 Å². The maximum Gasteiger partial charge on any atom is 0.150 e. The second kappa shape index (κ2) is 5.82. The Hall–Kier alpha value is -1.35. The Labute approximate surface area is 102 Å². The zero-order valence-electron chi connectivity index (χ0n) is 10.3. The molecule has 1 aromatic rings. The molecule has 0 aromatic heterocycles. The fraction of sp³-hybridized carbons (Fsp3) is 0.500. The quantitative estimate of drug-likeness (QED) is 0.732. The molecule has 1 fully saturated rings. The van der Waals surface area contributed by atoms with Crippen LogP contribution in [0.2, 0.25) is 0 Å². The summed E-state index contributed by atoms with van der Waals surface area (Å²) < 4.78 is 5.60. The highest BCUT2D eigenvalue weighted by atomic mass is 16.5. The van der Waals surface area contributed by atoms with Crippen LogP contribution in [0.5, 0.6) is 5.75 Å². The Kier molecular flexibility index (Phi) is 4.15. The van der Waals surface area contributed by atoms with Gasteiger partial charge in [-0.1, -0.05) is 0 Å². The predicted molar refractivity (Wildman–Crippen MR) is 67.5 cm³/mol. The van der Waals surface area contributed by atoms with Crippen LogP contribution < -0.4 is 4.74 Å². The number of benzene rings is 1. The maximum absolute atomic E-state index is 10.8. The molecular weight excluding hydrogens is 214 g/mol. The number of carbonyl (C=O) groups excluding carboxylic acids is 1. The van der Waals surface area contributed by atoms with Gasteiger partial charge in [0.15, 0.2) is 0 Å². The molecule has 1 aliphatic rings. The van der Waals surface area contributed by atoms with Gasteiger partial charge in [-0.25, -0.2) is 0 Å². The molecule has 1 aromatic carbocycles. The largest absolute Gasteiger partial charge is 0.494 e. The van der Waals surface area contributed by atoms with Gasteiger partial charge in [-0.05, 0) is 51.1 Å². The highest BCUT2D eigenvalue weighted by Crippen LogP contribution is 2.23. The normalized spacial score (nSPS) is 16.1. The first-order valence-corrected chi connectivity index (χ1v) is 6.26. The zero-order chi connectivity index (χ0) is 12.1. The third-order valence-electron chi connectivity index (χ3n) is 3.11. The van der Waals surface area contributed by atoms with Crippen molar-refractivity contribution in [3.8, 4) is 5.75 Å². The molecule has 17 heavy (non-hydrogen) atoms. The molecule has 3 nitrogen and oxygen atoms in total. The van der Waals surface area contributed by atoms with Crippen molar-refractivity contribution in [1.29, 1.82) is 0 Å². The van der Waals surface area contributed by atoms with Gasteiger partial charge in [0.1, 0.15) is 12.0 Å². The lowest BCUT2D eigenvalue weighted by Gasteiger charge is -2.17. The summed E-state index contributed by atoms with van der Waals surface area (Å²) >= 11 is 0. The summed E-state index contributed by atoms with van der Waals surface area (Å²) in [6.07, 6.45) is 3.44. The third-order valence-corrected chi connectivity index (χ3v) is 3.11. The number of hydrogen-bond acceptors (Lipinski definition) is 3. The first-order valence-electron chi connectivity index (χ1n) is 6.26. The average Bonchev–Trinajstić information content (AvgIpc) is 2.84. The standard InChI is InChI=1S/C14H19NO2/c1-2-17-14-6-5-12(11-16)9-13(14)10-15-7-3-4-8-15/h5-6,9,11H,2-4,7-8,10H2,1H3. The average molecular weight is 233 g/mol. The summed E-state index contributed by atoms with van der Waals surface area (Å²) in [6.45, 7) is 5.82. The lowest BCUT2D eigenvalue weighted by molar-refractivity contribution is 0.112. The Morgan fingerprint density at radius 3 is 2.76 bits per heavy atom. The summed E-state index contributed by atoms with van der Waals surface area (Å²) in [5.41, 5.74) is 1.85. The van der Waals surface area contributed by atoms with Crippen molar-refractivity contribution in [1.82, 2.24) is 4.90 Å². The van der Waals surface area contributed by atoms with E-state index < -0.39 is 0 Å². The third kappa shape index (κ3) is 3.07. The van der Waals surface area contributed by atoms with Crippen LogP contribution in [-0.4, -0.2) is 30.9 Å². The lowest BCUT2D eigenvalue weighted by Crippen LogP contribution is -2.19. The Morgan fingerprint density at radius 1 is 1.35 bits per heavy atom. The minimum Gasteiger partial charge on any atom is -0.494 e. The van der Waals surface area contributed by atoms with E-state index in [9.17, 15) is 4.79 Å². The van der Waals surface area contributed by atoms with Crippen molar-refractivity contribution in [2.75, 3.05) is 19.7 Å². The molecule has 0 unspecified atom stereocenters. The van der Waals surface area contributed by atoms with Gasteiger partial charge in [-0.15, -0.1) is 0 Å². The lowest BCUT2D eigenvalue weighted by atomic mass is 10.1. The first kappa shape index (κ1) is 12.1. The minimum absolute atomic E-state index is 0.660. The molecule has 0 amide bonds. The van der Waals surface area contributed by atoms with E-state index in [1.165, 1.54) is 12.8 Å². The SMILES string of the molecule is CCOc1ccc(C=O)cc1CN1CCCC1. The number of carbonyl (C=O) groups is 1. The predicted octanol–water partition coefficient (Wildman–Crippen LogP) is 2.49. The summed E-state index contributed by atoms with van der Waals surface area (Å²) in [7, 11) is 0. The van der Waals surface area contributed by atoms with Gasteiger partial charge in [0.05, 0.1) is 6.61 Å². The van der Waals surface area contributed by atoms with Gasteiger partial charge in [0.25, 0.3) is 0 Å². The molecule has 0 atom stereocenters. The smallest absolute Gasteiger partial charge is 0.150 e. The van der Waals surface area contributed by atoms with Crippen LogP contribution in [0.25, 0.3) is 0 Å². The second-order valence-electron chi connectivity index (χ2n) is 4.40. The van der Waals surface area contributed by atoms with Crippen molar-refractivity contribution < 1.29 is 9.53 Å². The number of aldehydes is 1. The molecule has 3 heteroatoms. The topological polar surface area (TPSA) is 29.5 Å². The fourth-order valence-electron chi connectivity index (χ4n) is 2.27. The molecule has 1 heterocycles. The van der Waals surface area contributed by atoms with Gasteiger partial charge >= 0.3 is 0 Å². The molecule has 1 saturated heterocycles. The number of likely N-dealkylation sites (tertiary alicyclic amines) is 1. The highest BCUT2D eigenvalue weighted by molar-refractivity contribution is 5.75. The number of ether oxygens (including phenoxy) is 1. The maximum atomic E-state index is 10.8. The molecule has 0 aliphatic carbocycles. The van der Waals surface area contributed by atoms with E-state index in [2.05, 4.69) is 4.90 Å². The van der Waals surface area contributed by atoms with Crippen LogP contribution >= 0.6 is 0 Å². The number of nitrogens with zero attached hydrogens (tertiary/aromatic N) is 1. The molecule has 0 bridgehead atoms. The van der Waals surface area contributed by atoms with Crippen molar-refractivity contribution >= 4 is 6.29 Å². The summed E-state index contributed by atoms with van der Waals surface area (Å²) in [5, 5.41) is 0. The second-order valence-corrected chi connectivity index (χ2v) is 4.40. The van der Waals surface area contributed by atoms with Crippen LogP contribution in [0.1, 0.15) is 35.7 Å². The summed E-state index contributed by atoms with van der Waals surface area (Å²) in [4.78, 5) is 13.2. The van der Waals surface area contributed by atoms with Crippen molar-refractivity contribution in [2.24, 2.45) is 0 Å². The van der Waals surface area contributed by atoms with Crippen LogP contribution in [0.3, 0.4) is 0 Å². The zero-order valence-corrected chi connectivity index (χ0v) is 10.3. The van der Waals surface area contributed by atoms with Gasteiger partial charge in [0.2, 0.25) is 0 Å².